The molecule has 10 heavy (non-hydrogen) atoms. The zero-order valence-electron chi connectivity index (χ0n) is 5.24. The summed E-state index contributed by atoms with van der Waals surface area (Å²) >= 11 is 1.55. The van der Waals surface area contributed by atoms with Crippen LogP contribution >= 0.6 is 11.8 Å². The number of fused-ring (bicyclic) bond motifs is 1. The Morgan fingerprint density at radius 3 is 3.20 bits per heavy atom. The molecule has 1 fully saturated rings. The van der Waals surface area contributed by atoms with E-state index in [2.05, 4.69) is 5.10 Å². The molecule has 0 aromatic carbocycles. The van der Waals surface area contributed by atoms with Crippen LogP contribution in [0.4, 0.5) is 0 Å². The van der Waals surface area contributed by atoms with Crippen LogP contribution in [-0.2, 0) is 0 Å². The summed E-state index contributed by atoms with van der Waals surface area (Å²) in [4.78, 5) is 1.80. The first-order valence-electron chi connectivity index (χ1n) is 2.86. The smallest absolute Gasteiger partial charge is 0.192 e. The lowest BCUT2D eigenvalue weighted by Crippen LogP contribution is -2.34. The van der Waals surface area contributed by atoms with Crippen molar-refractivity contribution in [3.05, 3.63) is 0 Å². The van der Waals surface area contributed by atoms with Gasteiger partial charge in [-0.25, -0.2) is 11.0 Å². The number of nitrogens with two attached hydrogens (primary N) is 1. The predicted octanol–water partition coefficient (Wildman–Crippen LogP) is -0.570. The SMILES string of the molecule is N=C1CSC2=NN(N)CN12. The van der Waals surface area contributed by atoms with Crippen molar-refractivity contribution < 1.29 is 0 Å². The monoisotopic (exact) mass is 157 g/mol. The van der Waals surface area contributed by atoms with Gasteiger partial charge in [0, 0.05) is 0 Å². The van der Waals surface area contributed by atoms with Crippen molar-refractivity contribution in [3.8, 4) is 0 Å². The summed E-state index contributed by atoms with van der Waals surface area (Å²) in [5, 5.41) is 13.6. The summed E-state index contributed by atoms with van der Waals surface area (Å²) in [6, 6.07) is 0. The third kappa shape index (κ3) is 0.691. The van der Waals surface area contributed by atoms with Gasteiger partial charge in [0.1, 0.15) is 12.5 Å². The summed E-state index contributed by atoms with van der Waals surface area (Å²) < 4.78 is 0. The molecule has 0 radical (unpaired) electrons. The Kier molecular flexibility index (Phi) is 1.12. The number of hydrazine groups is 1. The van der Waals surface area contributed by atoms with E-state index in [-0.39, 0.29) is 0 Å². The molecule has 6 heteroatoms. The minimum Gasteiger partial charge on any atom is -0.287 e. The zero-order valence-corrected chi connectivity index (χ0v) is 6.06. The van der Waals surface area contributed by atoms with Gasteiger partial charge in [-0.05, 0) is 0 Å². The number of hydrazone groups is 1. The molecule has 0 unspecified atom stereocenters. The molecule has 1 saturated heterocycles. The maximum atomic E-state index is 7.41. The largest absolute Gasteiger partial charge is 0.287 e. The molecule has 0 bridgehead atoms. The Morgan fingerprint density at radius 2 is 2.50 bits per heavy atom. The quantitative estimate of drug-likeness (QED) is 0.462. The standard InChI is InChI=1S/C4H7N5S/c5-3-1-10-4-7-9(6)2-8(3)4/h5H,1-2,6H2. The molecule has 0 aromatic rings. The highest BCUT2D eigenvalue weighted by Crippen LogP contribution is 2.23. The topological polar surface area (TPSA) is 68.7 Å². The van der Waals surface area contributed by atoms with Crippen molar-refractivity contribution in [2.24, 2.45) is 10.9 Å². The van der Waals surface area contributed by atoms with E-state index in [1.165, 1.54) is 5.12 Å². The van der Waals surface area contributed by atoms with E-state index in [1.807, 2.05) is 0 Å². The second kappa shape index (κ2) is 1.86. The molecule has 0 saturated carbocycles. The number of rotatable bonds is 0. The summed E-state index contributed by atoms with van der Waals surface area (Å²) in [5.41, 5.74) is 0. The molecular weight excluding hydrogens is 150 g/mol. The number of nitrogens with one attached hydrogen (secondary N) is 1. The van der Waals surface area contributed by atoms with E-state index in [1.54, 1.807) is 16.7 Å². The molecule has 2 rings (SSSR count). The Morgan fingerprint density at radius 1 is 1.70 bits per heavy atom. The van der Waals surface area contributed by atoms with E-state index in [9.17, 15) is 0 Å². The van der Waals surface area contributed by atoms with Gasteiger partial charge in [0.15, 0.2) is 5.17 Å². The highest BCUT2D eigenvalue weighted by atomic mass is 32.2. The van der Waals surface area contributed by atoms with Gasteiger partial charge in [0.2, 0.25) is 0 Å². The molecule has 2 aliphatic heterocycles. The number of hydrogen-bond acceptors (Lipinski definition) is 5. The van der Waals surface area contributed by atoms with Crippen LogP contribution in [0, 0.1) is 5.41 Å². The van der Waals surface area contributed by atoms with Crippen molar-refractivity contribution >= 4 is 22.8 Å². The fraction of sp³-hybridized carbons (Fsp3) is 0.500. The van der Waals surface area contributed by atoms with Gasteiger partial charge in [-0.2, -0.15) is 0 Å². The molecule has 0 spiro atoms. The summed E-state index contributed by atoms with van der Waals surface area (Å²) in [6.45, 7) is 0.529. The van der Waals surface area contributed by atoms with E-state index >= 15 is 0 Å². The molecule has 0 aromatic heterocycles. The van der Waals surface area contributed by atoms with E-state index < -0.39 is 0 Å². The summed E-state index contributed by atoms with van der Waals surface area (Å²) in [6.07, 6.45) is 0. The van der Waals surface area contributed by atoms with Crippen molar-refractivity contribution in [1.82, 2.24) is 10.0 Å². The van der Waals surface area contributed by atoms with Crippen LogP contribution < -0.4 is 5.84 Å². The van der Waals surface area contributed by atoms with Gasteiger partial charge in [0.25, 0.3) is 0 Å². The van der Waals surface area contributed by atoms with Crippen LogP contribution in [0.1, 0.15) is 0 Å². The van der Waals surface area contributed by atoms with Gasteiger partial charge < -0.3 is 0 Å². The zero-order chi connectivity index (χ0) is 7.14. The Balaban J connectivity index is 2.26. The minimum absolute atomic E-state index is 0.529. The normalized spacial score (nSPS) is 23.7. The number of nitrogens with zero attached hydrogens (tertiary/aromatic N) is 3. The average molecular weight is 157 g/mol. The van der Waals surface area contributed by atoms with Gasteiger partial charge in [-0.15, -0.1) is 5.10 Å². The van der Waals surface area contributed by atoms with Crippen molar-refractivity contribution in [1.29, 1.82) is 5.41 Å². The molecular formula is C4H7N5S. The molecule has 54 valence electrons. The first-order valence-corrected chi connectivity index (χ1v) is 3.84. The average Bonchev–Trinajstić information content (AvgIpc) is 2.35. The van der Waals surface area contributed by atoms with Gasteiger partial charge in [0.05, 0.1) is 5.75 Å². The summed E-state index contributed by atoms with van der Waals surface area (Å²) in [5.74, 6) is 6.70. The van der Waals surface area contributed by atoms with E-state index in [0.717, 1.165) is 10.9 Å². The van der Waals surface area contributed by atoms with Crippen molar-refractivity contribution in [2.75, 3.05) is 12.4 Å². The Hall–Kier alpha value is -0.750. The molecule has 2 aliphatic rings. The second-order valence-corrected chi connectivity index (χ2v) is 3.07. The second-order valence-electron chi connectivity index (χ2n) is 2.13. The van der Waals surface area contributed by atoms with Crippen molar-refractivity contribution in [3.63, 3.8) is 0 Å². The lowest BCUT2D eigenvalue weighted by atomic mass is 10.6. The Bertz CT molecular complexity index is 212. The van der Waals surface area contributed by atoms with Gasteiger partial charge >= 0.3 is 0 Å². The lowest BCUT2D eigenvalue weighted by Gasteiger charge is -2.11. The van der Waals surface area contributed by atoms with Crippen LogP contribution in [0.5, 0.6) is 0 Å². The maximum absolute atomic E-state index is 7.41. The molecule has 0 amide bonds. The van der Waals surface area contributed by atoms with Gasteiger partial charge in [-0.3, -0.25) is 10.3 Å². The first-order chi connectivity index (χ1) is 4.77. The molecule has 3 N–H and O–H groups in total. The molecule has 0 atom stereocenters. The fourth-order valence-electron chi connectivity index (χ4n) is 0.919. The number of hydrogen-bond donors (Lipinski definition) is 2. The maximum Gasteiger partial charge on any atom is 0.192 e. The van der Waals surface area contributed by atoms with Crippen LogP contribution in [0.15, 0.2) is 5.10 Å². The highest BCUT2D eigenvalue weighted by molar-refractivity contribution is 8.15. The van der Waals surface area contributed by atoms with Crippen molar-refractivity contribution in [2.45, 2.75) is 0 Å². The lowest BCUT2D eigenvalue weighted by molar-refractivity contribution is 0.281. The van der Waals surface area contributed by atoms with E-state index in [4.69, 9.17) is 11.3 Å². The third-order valence-electron chi connectivity index (χ3n) is 1.40. The predicted molar refractivity (Wildman–Crippen MR) is 40.4 cm³/mol. The van der Waals surface area contributed by atoms with Crippen LogP contribution in [0.3, 0.4) is 0 Å². The van der Waals surface area contributed by atoms with E-state index in [0.29, 0.717) is 12.5 Å². The van der Waals surface area contributed by atoms with Crippen LogP contribution in [0.25, 0.3) is 0 Å². The Labute approximate surface area is 62.3 Å². The first kappa shape index (κ1) is 5.99. The molecule has 2 heterocycles. The highest BCUT2D eigenvalue weighted by Gasteiger charge is 2.30. The van der Waals surface area contributed by atoms with Crippen LogP contribution in [-0.4, -0.2) is 33.4 Å². The number of thioether (sulfide) groups is 1. The fourth-order valence-corrected chi connectivity index (χ4v) is 1.83. The molecule has 5 nitrogen and oxygen atoms in total. The number of amidine groups is 2. The van der Waals surface area contributed by atoms with Gasteiger partial charge in [-0.1, -0.05) is 11.8 Å². The minimum atomic E-state index is 0.529. The van der Waals surface area contributed by atoms with Crippen LogP contribution in [0.2, 0.25) is 0 Å². The summed E-state index contributed by atoms with van der Waals surface area (Å²) in [7, 11) is 0. The molecule has 0 aliphatic carbocycles. The third-order valence-corrected chi connectivity index (χ3v) is 2.37.